The second-order valence-electron chi connectivity index (χ2n) is 8.22. The lowest BCUT2D eigenvalue weighted by atomic mass is 9.77. The molecule has 138 valence electrons. The average molecular weight is 347 g/mol. The first-order valence-electron chi connectivity index (χ1n) is 10.4. The van der Waals surface area contributed by atoms with Crippen molar-refractivity contribution in [3.8, 4) is 11.1 Å². The predicted molar refractivity (Wildman–Crippen MR) is 115 cm³/mol. The Morgan fingerprint density at radius 2 is 1.46 bits per heavy atom. The Kier molecular flexibility index (Phi) is 6.35. The maximum atomic E-state index is 2.38. The van der Waals surface area contributed by atoms with Crippen LogP contribution in [0.5, 0.6) is 0 Å². The maximum Gasteiger partial charge on any atom is -0.0162 e. The van der Waals surface area contributed by atoms with E-state index in [0.29, 0.717) is 0 Å². The number of hydrogen-bond acceptors (Lipinski definition) is 0. The van der Waals surface area contributed by atoms with Crippen LogP contribution in [0.25, 0.3) is 11.1 Å². The standard InChI is InChI=1S/C26H34/c1-5-6-7-8-22-9-11-23(12-10-22)24-13-15-25(16-14-24)26-17-19(2)21(4)20(3)18-26/h5-6,13-18,22-23H,7-12H2,1-4H3/b6-5+. The fraction of sp³-hybridized carbons (Fsp3) is 0.462. The third-order valence-electron chi connectivity index (χ3n) is 6.47. The van der Waals surface area contributed by atoms with E-state index < -0.39 is 0 Å². The van der Waals surface area contributed by atoms with E-state index in [-0.39, 0.29) is 0 Å². The fourth-order valence-corrected chi connectivity index (χ4v) is 4.43. The molecule has 0 saturated heterocycles. The van der Waals surface area contributed by atoms with Crippen LogP contribution in [0.15, 0.2) is 48.6 Å². The van der Waals surface area contributed by atoms with Crippen molar-refractivity contribution >= 4 is 0 Å². The van der Waals surface area contributed by atoms with Crippen molar-refractivity contribution in [3.63, 3.8) is 0 Å². The van der Waals surface area contributed by atoms with Gasteiger partial charge in [-0.05, 0) is 111 Å². The largest absolute Gasteiger partial charge is 0.0917 e. The van der Waals surface area contributed by atoms with Gasteiger partial charge in [0.2, 0.25) is 0 Å². The van der Waals surface area contributed by atoms with Crippen LogP contribution in [0.4, 0.5) is 0 Å². The van der Waals surface area contributed by atoms with Crippen LogP contribution in [0.3, 0.4) is 0 Å². The van der Waals surface area contributed by atoms with Crippen LogP contribution in [0.1, 0.15) is 73.6 Å². The Hall–Kier alpha value is -1.82. The zero-order valence-electron chi connectivity index (χ0n) is 17.0. The predicted octanol–water partition coefficient (Wildman–Crippen LogP) is 7.91. The maximum absolute atomic E-state index is 2.38. The van der Waals surface area contributed by atoms with Gasteiger partial charge in [-0.25, -0.2) is 0 Å². The minimum absolute atomic E-state index is 0.767. The van der Waals surface area contributed by atoms with Crippen LogP contribution >= 0.6 is 0 Å². The van der Waals surface area contributed by atoms with Crippen molar-refractivity contribution < 1.29 is 0 Å². The van der Waals surface area contributed by atoms with Gasteiger partial charge in [0.05, 0.1) is 0 Å². The van der Waals surface area contributed by atoms with Gasteiger partial charge in [-0.2, -0.15) is 0 Å². The van der Waals surface area contributed by atoms with Crippen LogP contribution in [-0.2, 0) is 0 Å². The highest BCUT2D eigenvalue weighted by Gasteiger charge is 2.21. The highest BCUT2D eigenvalue weighted by molar-refractivity contribution is 5.66. The molecule has 3 rings (SSSR count). The molecule has 0 N–H and O–H groups in total. The van der Waals surface area contributed by atoms with Gasteiger partial charge in [0.25, 0.3) is 0 Å². The van der Waals surface area contributed by atoms with Crippen molar-refractivity contribution in [1.29, 1.82) is 0 Å². The average Bonchev–Trinajstić information content (AvgIpc) is 2.67. The summed E-state index contributed by atoms with van der Waals surface area (Å²) in [5.74, 6) is 1.71. The molecule has 0 aliphatic heterocycles. The number of aryl methyl sites for hydroxylation is 2. The molecule has 0 spiro atoms. The van der Waals surface area contributed by atoms with E-state index in [1.807, 2.05) is 0 Å². The topological polar surface area (TPSA) is 0 Å². The van der Waals surface area contributed by atoms with E-state index in [1.54, 1.807) is 5.56 Å². The molecule has 26 heavy (non-hydrogen) atoms. The summed E-state index contributed by atoms with van der Waals surface area (Å²) in [5.41, 5.74) is 8.43. The summed E-state index contributed by atoms with van der Waals surface area (Å²) in [6.45, 7) is 8.77. The van der Waals surface area contributed by atoms with Gasteiger partial charge < -0.3 is 0 Å². The Morgan fingerprint density at radius 3 is 2.04 bits per heavy atom. The third-order valence-corrected chi connectivity index (χ3v) is 6.47. The second-order valence-corrected chi connectivity index (χ2v) is 8.22. The molecule has 0 amide bonds. The van der Waals surface area contributed by atoms with Crippen molar-refractivity contribution in [2.45, 2.75) is 72.1 Å². The molecule has 0 radical (unpaired) electrons. The third kappa shape index (κ3) is 4.47. The molecule has 1 fully saturated rings. The highest BCUT2D eigenvalue weighted by atomic mass is 14.3. The van der Waals surface area contributed by atoms with Crippen molar-refractivity contribution in [2.24, 2.45) is 5.92 Å². The molecule has 0 nitrogen and oxygen atoms in total. The lowest BCUT2D eigenvalue weighted by molar-refractivity contribution is 0.312. The summed E-state index contributed by atoms with van der Waals surface area (Å²) < 4.78 is 0. The first-order valence-corrected chi connectivity index (χ1v) is 10.4. The van der Waals surface area contributed by atoms with Gasteiger partial charge in [0, 0.05) is 0 Å². The summed E-state index contributed by atoms with van der Waals surface area (Å²) in [6, 6.07) is 14.1. The molecule has 0 aromatic heterocycles. The summed E-state index contributed by atoms with van der Waals surface area (Å²) in [4.78, 5) is 0. The molecule has 0 heterocycles. The second kappa shape index (κ2) is 8.71. The Balaban J connectivity index is 1.64. The summed E-state index contributed by atoms with van der Waals surface area (Å²) in [7, 11) is 0. The van der Waals surface area contributed by atoms with Gasteiger partial charge in [-0.3, -0.25) is 0 Å². The quantitative estimate of drug-likeness (QED) is 0.482. The monoisotopic (exact) mass is 346 g/mol. The number of benzene rings is 2. The molecule has 0 bridgehead atoms. The SMILES string of the molecule is C/C=C/CCC1CCC(c2ccc(-c3cc(C)c(C)c(C)c3)cc2)CC1. The number of allylic oxidation sites excluding steroid dienone is 2. The lowest BCUT2D eigenvalue weighted by Gasteiger charge is -2.28. The van der Waals surface area contributed by atoms with Crippen LogP contribution in [-0.4, -0.2) is 0 Å². The van der Waals surface area contributed by atoms with E-state index in [1.165, 1.54) is 66.3 Å². The smallest absolute Gasteiger partial charge is 0.0162 e. The Bertz CT molecular complexity index is 717. The van der Waals surface area contributed by atoms with E-state index >= 15 is 0 Å². The first-order chi connectivity index (χ1) is 12.6. The fourth-order valence-electron chi connectivity index (χ4n) is 4.43. The van der Waals surface area contributed by atoms with E-state index in [4.69, 9.17) is 0 Å². The molecule has 2 aromatic rings. The Labute approximate surface area is 160 Å². The van der Waals surface area contributed by atoms with Crippen LogP contribution < -0.4 is 0 Å². The van der Waals surface area contributed by atoms with Gasteiger partial charge in [0.1, 0.15) is 0 Å². The van der Waals surface area contributed by atoms with Gasteiger partial charge in [-0.1, -0.05) is 48.6 Å². The molecular formula is C26H34. The normalized spacial score (nSPS) is 20.6. The summed E-state index contributed by atoms with van der Waals surface area (Å²) in [5, 5.41) is 0. The molecular weight excluding hydrogens is 312 g/mol. The molecule has 0 unspecified atom stereocenters. The van der Waals surface area contributed by atoms with Crippen molar-refractivity contribution in [3.05, 3.63) is 70.8 Å². The van der Waals surface area contributed by atoms with Crippen LogP contribution in [0.2, 0.25) is 0 Å². The molecule has 0 heteroatoms. The van der Waals surface area contributed by atoms with Crippen LogP contribution in [0, 0.1) is 26.7 Å². The molecule has 0 atom stereocenters. The lowest BCUT2D eigenvalue weighted by Crippen LogP contribution is -2.13. The summed E-state index contributed by atoms with van der Waals surface area (Å²) >= 11 is 0. The number of hydrogen-bond donors (Lipinski definition) is 0. The summed E-state index contributed by atoms with van der Waals surface area (Å²) in [6.07, 6.45) is 12.7. The number of rotatable bonds is 5. The minimum Gasteiger partial charge on any atom is -0.0917 e. The molecule has 1 aliphatic rings. The molecule has 1 aliphatic carbocycles. The van der Waals surface area contributed by atoms with Crippen molar-refractivity contribution in [1.82, 2.24) is 0 Å². The molecule has 1 saturated carbocycles. The zero-order valence-corrected chi connectivity index (χ0v) is 17.0. The van der Waals surface area contributed by atoms with Gasteiger partial charge in [-0.15, -0.1) is 0 Å². The van der Waals surface area contributed by atoms with Gasteiger partial charge in [0.15, 0.2) is 0 Å². The van der Waals surface area contributed by atoms with E-state index in [2.05, 4.69) is 76.2 Å². The minimum atomic E-state index is 0.767. The van der Waals surface area contributed by atoms with Gasteiger partial charge >= 0.3 is 0 Å². The van der Waals surface area contributed by atoms with Crippen molar-refractivity contribution in [2.75, 3.05) is 0 Å². The zero-order chi connectivity index (χ0) is 18.5. The Morgan fingerprint density at radius 1 is 0.846 bits per heavy atom. The van der Waals surface area contributed by atoms with E-state index in [0.717, 1.165) is 11.8 Å². The highest BCUT2D eigenvalue weighted by Crippen LogP contribution is 2.38. The first kappa shape index (κ1) is 19.0. The molecule has 2 aromatic carbocycles. The van der Waals surface area contributed by atoms with E-state index in [9.17, 15) is 0 Å².